The van der Waals surface area contributed by atoms with Crippen LogP contribution in [-0.2, 0) is 14.8 Å². The number of carbonyl (C=O) groups excluding carboxylic acids is 1. The SMILES string of the molecule is Cc1ccc(S(=O)(=O)Nc2cccc(C(=O)NCCCN3CCOCC3)c2C)cc1. The van der Waals surface area contributed by atoms with Crippen LogP contribution >= 0.6 is 0 Å². The number of hydrogen-bond donors (Lipinski definition) is 2. The molecule has 0 spiro atoms. The molecule has 2 N–H and O–H groups in total. The van der Waals surface area contributed by atoms with Crippen molar-refractivity contribution in [3.8, 4) is 0 Å². The molecule has 1 aliphatic heterocycles. The second-order valence-electron chi connectivity index (χ2n) is 7.46. The molecule has 3 rings (SSSR count). The van der Waals surface area contributed by atoms with E-state index in [1.54, 1.807) is 49.4 Å². The number of hydrogen-bond acceptors (Lipinski definition) is 5. The van der Waals surface area contributed by atoms with Crippen molar-refractivity contribution in [1.29, 1.82) is 0 Å². The zero-order chi connectivity index (χ0) is 21.6. The van der Waals surface area contributed by atoms with Gasteiger partial charge in [0.05, 0.1) is 23.8 Å². The smallest absolute Gasteiger partial charge is 0.261 e. The second kappa shape index (κ2) is 10.1. The van der Waals surface area contributed by atoms with E-state index in [1.165, 1.54) is 0 Å². The highest BCUT2D eigenvalue weighted by Gasteiger charge is 2.18. The molecule has 0 radical (unpaired) electrons. The van der Waals surface area contributed by atoms with Crippen molar-refractivity contribution in [2.45, 2.75) is 25.2 Å². The average Bonchev–Trinajstić information content (AvgIpc) is 2.73. The fourth-order valence-electron chi connectivity index (χ4n) is 3.34. The zero-order valence-corrected chi connectivity index (χ0v) is 18.3. The van der Waals surface area contributed by atoms with Gasteiger partial charge in [0, 0.05) is 25.2 Å². The van der Waals surface area contributed by atoms with Gasteiger partial charge in [-0.2, -0.15) is 0 Å². The van der Waals surface area contributed by atoms with Crippen LogP contribution in [0.15, 0.2) is 47.4 Å². The first-order valence-corrected chi connectivity index (χ1v) is 11.6. The summed E-state index contributed by atoms with van der Waals surface area (Å²) in [5, 5.41) is 2.93. The number of ether oxygens (including phenoxy) is 1. The van der Waals surface area contributed by atoms with Gasteiger partial charge in [-0.05, 0) is 56.6 Å². The summed E-state index contributed by atoms with van der Waals surface area (Å²) < 4.78 is 33.3. The van der Waals surface area contributed by atoms with Gasteiger partial charge in [-0.15, -0.1) is 0 Å². The van der Waals surface area contributed by atoms with Crippen molar-refractivity contribution >= 4 is 21.6 Å². The number of carbonyl (C=O) groups is 1. The maximum Gasteiger partial charge on any atom is 0.261 e. The third-order valence-electron chi connectivity index (χ3n) is 5.19. The van der Waals surface area contributed by atoms with Gasteiger partial charge in [-0.25, -0.2) is 8.42 Å². The lowest BCUT2D eigenvalue weighted by Gasteiger charge is -2.26. The van der Waals surface area contributed by atoms with E-state index in [-0.39, 0.29) is 10.8 Å². The first-order valence-electron chi connectivity index (χ1n) is 10.1. The number of nitrogens with one attached hydrogen (secondary N) is 2. The monoisotopic (exact) mass is 431 g/mol. The lowest BCUT2D eigenvalue weighted by Crippen LogP contribution is -2.38. The minimum Gasteiger partial charge on any atom is -0.379 e. The Kier molecular flexibility index (Phi) is 7.47. The summed E-state index contributed by atoms with van der Waals surface area (Å²) in [6.45, 7) is 8.50. The first-order chi connectivity index (χ1) is 14.4. The molecule has 1 saturated heterocycles. The molecule has 0 saturated carbocycles. The van der Waals surface area contributed by atoms with Crippen molar-refractivity contribution in [2.75, 3.05) is 44.1 Å². The van der Waals surface area contributed by atoms with Gasteiger partial charge in [-0.1, -0.05) is 23.8 Å². The number of anilines is 1. The Labute approximate surface area is 178 Å². The number of sulfonamides is 1. The molecule has 0 unspecified atom stereocenters. The van der Waals surface area contributed by atoms with Crippen molar-refractivity contribution < 1.29 is 17.9 Å². The molecule has 1 fully saturated rings. The van der Waals surface area contributed by atoms with Crippen LogP contribution in [0.5, 0.6) is 0 Å². The van der Waals surface area contributed by atoms with Crippen molar-refractivity contribution in [3.05, 3.63) is 59.2 Å². The van der Waals surface area contributed by atoms with Crippen LogP contribution in [0.4, 0.5) is 5.69 Å². The van der Waals surface area contributed by atoms with Crippen LogP contribution in [-0.4, -0.2) is 58.6 Å². The van der Waals surface area contributed by atoms with Crippen LogP contribution in [0.25, 0.3) is 0 Å². The number of morpholine rings is 1. The first kappa shape index (κ1) is 22.3. The average molecular weight is 432 g/mol. The molecule has 30 heavy (non-hydrogen) atoms. The Hall–Kier alpha value is -2.42. The fourth-order valence-corrected chi connectivity index (χ4v) is 4.46. The van der Waals surface area contributed by atoms with Crippen LogP contribution < -0.4 is 10.0 Å². The highest BCUT2D eigenvalue weighted by Crippen LogP contribution is 2.23. The lowest BCUT2D eigenvalue weighted by atomic mass is 10.1. The van der Waals surface area contributed by atoms with Gasteiger partial charge >= 0.3 is 0 Å². The number of nitrogens with zero attached hydrogens (tertiary/aromatic N) is 1. The summed E-state index contributed by atoms with van der Waals surface area (Å²) in [4.78, 5) is 15.1. The quantitative estimate of drug-likeness (QED) is 0.627. The Balaban J connectivity index is 1.60. The minimum absolute atomic E-state index is 0.186. The molecule has 162 valence electrons. The van der Waals surface area contributed by atoms with Crippen LogP contribution in [0.3, 0.4) is 0 Å². The molecule has 0 atom stereocenters. The lowest BCUT2D eigenvalue weighted by molar-refractivity contribution is 0.0374. The van der Waals surface area contributed by atoms with Crippen LogP contribution in [0.2, 0.25) is 0 Å². The van der Waals surface area contributed by atoms with Gasteiger partial charge in [-0.3, -0.25) is 14.4 Å². The van der Waals surface area contributed by atoms with E-state index in [1.807, 2.05) is 6.92 Å². The predicted molar refractivity (Wildman–Crippen MR) is 117 cm³/mol. The molecule has 0 aliphatic carbocycles. The van der Waals surface area contributed by atoms with Crippen molar-refractivity contribution in [3.63, 3.8) is 0 Å². The molecule has 1 heterocycles. The Morgan fingerprint density at radius 3 is 2.47 bits per heavy atom. The van der Waals surface area contributed by atoms with E-state index < -0.39 is 10.0 Å². The minimum atomic E-state index is -3.73. The van der Waals surface area contributed by atoms with E-state index in [0.29, 0.717) is 23.4 Å². The second-order valence-corrected chi connectivity index (χ2v) is 9.14. The third kappa shape index (κ3) is 5.81. The Morgan fingerprint density at radius 2 is 1.77 bits per heavy atom. The molecule has 8 heteroatoms. The maximum absolute atomic E-state index is 12.7. The third-order valence-corrected chi connectivity index (χ3v) is 6.58. The Bertz CT molecular complexity index is 968. The van der Waals surface area contributed by atoms with Gasteiger partial charge in [0.25, 0.3) is 15.9 Å². The van der Waals surface area contributed by atoms with Crippen molar-refractivity contribution in [1.82, 2.24) is 10.2 Å². The Morgan fingerprint density at radius 1 is 1.07 bits per heavy atom. The van der Waals surface area contributed by atoms with Crippen LogP contribution in [0.1, 0.15) is 27.9 Å². The molecule has 1 amide bonds. The van der Waals surface area contributed by atoms with Gasteiger partial charge in [0.1, 0.15) is 0 Å². The van der Waals surface area contributed by atoms with E-state index in [4.69, 9.17) is 4.74 Å². The highest BCUT2D eigenvalue weighted by molar-refractivity contribution is 7.92. The standard InChI is InChI=1S/C22H29N3O4S/c1-17-7-9-19(10-8-17)30(27,28)24-21-6-3-5-20(18(21)2)22(26)23-11-4-12-25-13-15-29-16-14-25/h3,5-10,24H,4,11-16H2,1-2H3,(H,23,26). The van der Waals surface area contributed by atoms with Gasteiger partial charge in [0.15, 0.2) is 0 Å². The molecular weight excluding hydrogens is 402 g/mol. The van der Waals surface area contributed by atoms with E-state index in [0.717, 1.165) is 44.8 Å². The number of amides is 1. The zero-order valence-electron chi connectivity index (χ0n) is 17.5. The summed E-state index contributed by atoms with van der Waals surface area (Å²) in [5.74, 6) is -0.203. The van der Waals surface area contributed by atoms with Crippen LogP contribution in [0, 0.1) is 13.8 Å². The fraction of sp³-hybridized carbons (Fsp3) is 0.409. The molecule has 0 bridgehead atoms. The van der Waals surface area contributed by atoms with E-state index >= 15 is 0 Å². The maximum atomic E-state index is 12.7. The summed E-state index contributed by atoms with van der Waals surface area (Å²) >= 11 is 0. The molecule has 7 nitrogen and oxygen atoms in total. The summed E-state index contributed by atoms with van der Waals surface area (Å²) in [6.07, 6.45) is 0.852. The van der Waals surface area contributed by atoms with E-state index in [2.05, 4.69) is 14.9 Å². The molecule has 2 aromatic carbocycles. The number of rotatable bonds is 8. The summed E-state index contributed by atoms with van der Waals surface area (Å²) in [7, 11) is -3.73. The van der Waals surface area contributed by atoms with E-state index in [9.17, 15) is 13.2 Å². The van der Waals surface area contributed by atoms with Gasteiger partial charge < -0.3 is 10.1 Å². The number of benzene rings is 2. The molecule has 0 aromatic heterocycles. The molecular formula is C22H29N3O4S. The topological polar surface area (TPSA) is 87.7 Å². The predicted octanol–water partition coefficient (Wildman–Crippen LogP) is 2.56. The molecule has 2 aromatic rings. The normalized spacial score (nSPS) is 15.0. The van der Waals surface area contributed by atoms with Gasteiger partial charge in [0.2, 0.25) is 0 Å². The highest BCUT2D eigenvalue weighted by atomic mass is 32.2. The largest absolute Gasteiger partial charge is 0.379 e. The number of aryl methyl sites for hydroxylation is 1. The van der Waals surface area contributed by atoms with Crippen molar-refractivity contribution in [2.24, 2.45) is 0 Å². The summed E-state index contributed by atoms with van der Waals surface area (Å²) in [5.41, 5.74) is 2.44. The molecule has 1 aliphatic rings. The summed E-state index contributed by atoms with van der Waals surface area (Å²) in [6, 6.07) is 11.7.